The fraction of sp³-hybridized carbons (Fsp3) is 0.417. The Morgan fingerprint density at radius 3 is 3.00 bits per heavy atom. The Bertz CT molecular complexity index is 454. The highest BCUT2D eigenvalue weighted by Gasteiger charge is 2.48. The molecule has 0 saturated carbocycles. The normalized spacial score (nSPS) is 27.8. The van der Waals surface area contributed by atoms with Crippen LogP contribution in [0.25, 0.3) is 0 Å². The van der Waals surface area contributed by atoms with E-state index >= 15 is 0 Å². The van der Waals surface area contributed by atoms with E-state index in [2.05, 4.69) is 0 Å². The number of aromatic hydroxyl groups is 1. The van der Waals surface area contributed by atoms with Gasteiger partial charge in [-0.15, -0.1) is 0 Å². The van der Waals surface area contributed by atoms with Crippen LogP contribution in [-0.2, 0) is 9.47 Å². The van der Waals surface area contributed by atoms with Gasteiger partial charge in [0.15, 0.2) is 5.60 Å². The van der Waals surface area contributed by atoms with Crippen molar-refractivity contribution in [1.82, 2.24) is 0 Å². The van der Waals surface area contributed by atoms with Crippen LogP contribution in [0.5, 0.6) is 5.75 Å². The number of nitrogens with zero attached hydrogens (tertiary/aromatic N) is 1. The SMILES string of the molecule is O=C1OC2(CCOC2)CN1c1cccc(O)c1. The average molecular weight is 235 g/mol. The van der Waals surface area contributed by atoms with E-state index in [0.717, 1.165) is 6.42 Å². The molecule has 5 nitrogen and oxygen atoms in total. The first-order chi connectivity index (χ1) is 8.19. The molecule has 1 unspecified atom stereocenters. The van der Waals surface area contributed by atoms with Crippen LogP contribution >= 0.6 is 0 Å². The monoisotopic (exact) mass is 235 g/mol. The Balaban J connectivity index is 1.87. The Kier molecular flexibility index (Phi) is 2.22. The van der Waals surface area contributed by atoms with Gasteiger partial charge in [0, 0.05) is 12.5 Å². The predicted octanol–water partition coefficient (Wildman–Crippen LogP) is 1.51. The number of ether oxygens (including phenoxy) is 2. The van der Waals surface area contributed by atoms with Gasteiger partial charge in [0.2, 0.25) is 0 Å². The number of hydrogen-bond acceptors (Lipinski definition) is 4. The largest absolute Gasteiger partial charge is 0.508 e. The van der Waals surface area contributed by atoms with Crippen LogP contribution in [0.4, 0.5) is 10.5 Å². The highest BCUT2D eigenvalue weighted by molar-refractivity contribution is 5.90. The summed E-state index contributed by atoms with van der Waals surface area (Å²) >= 11 is 0. The highest BCUT2D eigenvalue weighted by Crippen LogP contribution is 2.34. The highest BCUT2D eigenvalue weighted by atomic mass is 16.6. The quantitative estimate of drug-likeness (QED) is 0.801. The molecule has 2 heterocycles. The fourth-order valence-corrected chi connectivity index (χ4v) is 2.28. The minimum Gasteiger partial charge on any atom is -0.508 e. The summed E-state index contributed by atoms with van der Waals surface area (Å²) < 4.78 is 10.7. The van der Waals surface area contributed by atoms with E-state index in [1.54, 1.807) is 24.3 Å². The first-order valence-electron chi connectivity index (χ1n) is 5.56. The van der Waals surface area contributed by atoms with Crippen LogP contribution in [0.1, 0.15) is 6.42 Å². The number of anilines is 1. The van der Waals surface area contributed by atoms with Crippen molar-refractivity contribution in [2.75, 3.05) is 24.7 Å². The summed E-state index contributed by atoms with van der Waals surface area (Å²) in [7, 11) is 0. The van der Waals surface area contributed by atoms with Gasteiger partial charge in [0.25, 0.3) is 0 Å². The van der Waals surface area contributed by atoms with Crippen molar-refractivity contribution >= 4 is 11.8 Å². The molecule has 0 aliphatic carbocycles. The third-order valence-electron chi connectivity index (χ3n) is 3.18. The molecule has 1 N–H and O–H groups in total. The minimum absolute atomic E-state index is 0.138. The Morgan fingerprint density at radius 1 is 1.41 bits per heavy atom. The van der Waals surface area contributed by atoms with Crippen LogP contribution < -0.4 is 4.90 Å². The van der Waals surface area contributed by atoms with Crippen molar-refractivity contribution in [2.45, 2.75) is 12.0 Å². The minimum atomic E-state index is -0.497. The second-order valence-corrected chi connectivity index (χ2v) is 4.46. The zero-order valence-corrected chi connectivity index (χ0v) is 9.26. The summed E-state index contributed by atoms with van der Waals surface area (Å²) in [5, 5.41) is 9.41. The molecule has 5 heteroatoms. The molecule has 1 atom stereocenters. The van der Waals surface area contributed by atoms with E-state index in [0.29, 0.717) is 25.4 Å². The third-order valence-corrected chi connectivity index (χ3v) is 3.18. The number of phenolic OH excluding ortho intramolecular Hbond substituents is 1. The molecule has 1 aromatic carbocycles. The summed E-state index contributed by atoms with van der Waals surface area (Å²) in [4.78, 5) is 13.3. The van der Waals surface area contributed by atoms with Gasteiger partial charge in [-0.2, -0.15) is 0 Å². The van der Waals surface area contributed by atoms with E-state index in [9.17, 15) is 9.90 Å². The molecule has 0 bridgehead atoms. The number of carbonyl (C=O) groups excluding carboxylic acids is 1. The van der Waals surface area contributed by atoms with Crippen LogP contribution in [0.3, 0.4) is 0 Å². The smallest absolute Gasteiger partial charge is 0.415 e. The number of rotatable bonds is 1. The molecule has 2 aliphatic rings. The molecular formula is C12H13NO4. The second kappa shape index (κ2) is 3.63. The number of benzene rings is 1. The predicted molar refractivity (Wildman–Crippen MR) is 60.1 cm³/mol. The van der Waals surface area contributed by atoms with Gasteiger partial charge in [-0.3, -0.25) is 4.90 Å². The van der Waals surface area contributed by atoms with Gasteiger partial charge in [0.05, 0.1) is 25.4 Å². The molecular weight excluding hydrogens is 222 g/mol. The van der Waals surface area contributed by atoms with Gasteiger partial charge in [-0.25, -0.2) is 4.79 Å². The lowest BCUT2D eigenvalue weighted by atomic mass is 10.0. The van der Waals surface area contributed by atoms with Gasteiger partial charge in [-0.1, -0.05) is 6.07 Å². The number of carbonyl (C=O) groups is 1. The van der Waals surface area contributed by atoms with E-state index in [4.69, 9.17) is 9.47 Å². The van der Waals surface area contributed by atoms with Crippen molar-refractivity contribution < 1.29 is 19.4 Å². The van der Waals surface area contributed by atoms with Gasteiger partial charge < -0.3 is 14.6 Å². The average Bonchev–Trinajstić information content (AvgIpc) is 2.87. The lowest BCUT2D eigenvalue weighted by molar-refractivity contribution is 0.0435. The second-order valence-electron chi connectivity index (χ2n) is 4.46. The zero-order valence-electron chi connectivity index (χ0n) is 9.26. The van der Waals surface area contributed by atoms with Crippen molar-refractivity contribution in [1.29, 1.82) is 0 Å². The van der Waals surface area contributed by atoms with E-state index < -0.39 is 5.60 Å². The van der Waals surface area contributed by atoms with Crippen molar-refractivity contribution in [2.24, 2.45) is 0 Å². The van der Waals surface area contributed by atoms with Crippen molar-refractivity contribution in [3.63, 3.8) is 0 Å². The maximum absolute atomic E-state index is 11.8. The van der Waals surface area contributed by atoms with E-state index in [1.807, 2.05) is 0 Å². The number of phenols is 1. The van der Waals surface area contributed by atoms with Crippen molar-refractivity contribution in [3.05, 3.63) is 24.3 Å². The van der Waals surface area contributed by atoms with Gasteiger partial charge in [0.1, 0.15) is 5.75 Å². The lowest BCUT2D eigenvalue weighted by Crippen LogP contribution is -2.34. The molecule has 3 rings (SSSR count). The summed E-state index contributed by atoms with van der Waals surface area (Å²) in [6, 6.07) is 6.60. The summed E-state index contributed by atoms with van der Waals surface area (Å²) in [6.07, 6.45) is 0.356. The third kappa shape index (κ3) is 1.72. The molecule has 1 spiro atoms. The van der Waals surface area contributed by atoms with Gasteiger partial charge in [-0.05, 0) is 12.1 Å². The summed E-state index contributed by atoms with van der Waals surface area (Å²) in [5.74, 6) is 0.138. The molecule has 1 aromatic rings. The molecule has 1 amide bonds. The summed E-state index contributed by atoms with van der Waals surface area (Å²) in [6.45, 7) is 1.56. The zero-order chi connectivity index (χ0) is 11.9. The van der Waals surface area contributed by atoms with E-state index in [-0.39, 0.29) is 11.8 Å². The first kappa shape index (κ1) is 10.4. The van der Waals surface area contributed by atoms with Crippen LogP contribution in [-0.4, -0.2) is 36.6 Å². The van der Waals surface area contributed by atoms with Crippen LogP contribution in [0.15, 0.2) is 24.3 Å². The van der Waals surface area contributed by atoms with Crippen molar-refractivity contribution in [3.8, 4) is 5.75 Å². The standard InChI is InChI=1S/C12H13NO4/c14-10-3-1-2-9(6-10)13-7-12(17-11(13)15)4-5-16-8-12/h1-3,6,14H,4-5,7-8H2. The molecule has 0 aromatic heterocycles. The Morgan fingerprint density at radius 2 is 2.29 bits per heavy atom. The topological polar surface area (TPSA) is 59.0 Å². The Labute approximate surface area is 98.6 Å². The molecule has 2 aliphatic heterocycles. The summed E-state index contributed by atoms with van der Waals surface area (Å²) in [5.41, 5.74) is 0.154. The molecule has 0 radical (unpaired) electrons. The van der Waals surface area contributed by atoms with E-state index in [1.165, 1.54) is 4.90 Å². The first-order valence-corrected chi connectivity index (χ1v) is 5.56. The molecule has 17 heavy (non-hydrogen) atoms. The van der Waals surface area contributed by atoms with Gasteiger partial charge >= 0.3 is 6.09 Å². The maximum Gasteiger partial charge on any atom is 0.415 e. The fourth-order valence-electron chi connectivity index (χ4n) is 2.28. The lowest BCUT2D eigenvalue weighted by Gasteiger charge is -2.18. The molecule has 2 saturated heterocycles. The van der Waals surface area contributed by atoms with Crippen LogP contribution in [0, 0.1) is 0 Å². The Hall–Kier alpha value is -1.75. The molecule has 2 fully saturated rings. The maximum atomic E-state index is 11.8. The number of hydrogen-bond donors (Lipinski definition) is 1. The number of amides is 1. The van der Waals surface area contributed by atoms with Crippen LogP contribution in [0.2, 0.25) is 0 Å². The molecule has 90 valence electrons.